The zero-order valence-corrected chi connectivity index (χ0v) is 11.6. The molecule has 0 aliphatic heterocycles. The molecule has 1 rings (SSSR count). The molecule has 3 nitrogen and oxygen atoms in total. The first kappa shape index (κ1) is 15.7. The van der Waals surface area contributed by atoms with Crippen molar-refractivity contribution in [1.29, 1.82) is 5.41 Å². The molecular weight excluding hydrogens is 330 g/mol. The Morgan fingerprint density at radius 3 is 2.47 bits per heavy atom. The van der Waals surface area contributed by atoms with E-state index >= 15 is 0 Å². The molecule has 0 bridgehead atoms. The summed E-state index contributed by atoms with van der Waals surface area (Å²) in [6.45, 7) is -0.355. The van der Waals surface area contributed by atoms with E-state index in [9.17, 15) is 17.6 Å². The topological polar surface area (TPSA) is 53.1 Å². The van der Waals surface area contributed by atoms with Crippen LogP contribution in [-0.4, -0.2) is 25.6 Å². The first-order valence-corrected chi connectivity index (χ1v) is 6.03. The molecule has 3 N–H and O–H groups in total. The highest BCUT2D eigenvalue weighted by Gasteiger charge is 2.28. The van der Waals surface area contributed by atoms with Gasteiger partial charge in [-0.3, -0.25) is 5.41 Å². The first-order chi connectivity index (χ1) is 8.63. The normalized spacial score (nSPS) is 11.5. The lowest BCUT2D eigenvalue weighted by molar-refractivity contribution is -0.132. The summed E-state index contributed by atoms with van der Waals surface area (Å²) in [7, 11) is 1.37. The van der Waals surface area contributed by atoms with Crippen molar-refractivity contribution in [3.8, 4) is 0 Å². The molecule has 0 atom stereocenters. The molecule has 1 aromatic carbocycles. The summed E-state index contributed by atoms with van der Waals surface area (Å²) in [5, 5.41) is 7.23. The number of hydrogen-bond acceptors (Lipinski definition) is 2. The Morgan fingerprint density at radius 1 is 1.42 bits per heavy atom. The predicted molar refractivity (Wildman–Crippen MR) is 69.1 cm³/mol. The summed E-state index contributed by atoms with van der Waals surface area (Å²) in [6.07, 6.45) is -5.32. The van der Waals surface area contributed by atoms with Gasteiger partial charge in [0.2, 0.25) is 0 Å². The fraction of sp³-hybridized carbons (Fsp3) is 0.364. The Labute approximate surface area is 116 Å². The average molecular weight is 342 g/mol. The van der Waals surface area contributed by atoms with Gasteiger partial charge in [0.1, 0.15) is 5.84 Å². The van der Waals surface area contributed by atoms with Crippen LogP contribution in [0, 0.1) is 11.2 Å². The van der Waals surface area contributed by atoms with E-state index in [0.717, 1.165) is 4.90 Å². The molecule has 0 aliphatic carbocycles. The number of halogens is 5. The molecule has 106 valence electrons. The maximum Gasteiger partial charge on any atom is 0.390 e. The molecule has 0 aliphatic rings. The van der Waals surface area contributed by atoms with Crippen LogP contribution in [0.5, 0.6) is 0 Å². The standard InChI is InChI=1S/C11H12BrF4N3/c1-19(5-4-11(14,15)16)7-3-2-6(10(17)18)8(12)9(7)13/h2-3H,4-5H2,1H3,(H3,17,18). The minimum Gasteiger partial charge on any atom is -0.384 e. The van der Waals surface area contributed by atoms with Crippen LogP contribution in [0.4, 0.5) is 23.2 Å². The summed E-state index contributed by atoms with van der Waals surface area (Å²) in [4.78, 5) is 1.16. The summed E-state index contributed by atoms with van der Waals surface area (Å²) in [6, 6.07) is 2.68. The van der Waals surface area contributed by atoms with Gasteiger partial charge in [-0.15, -0.1) is 0 Å². The van der Waals surface area contributed by atoms with Crippen LogP contribution in [0.3, 0.4) is 0 Å². The van der Waals surface area contributed by atoms with Crippen LogP contribution >= 0.6 is 15.9 Å². The number of rotatable bonds is 4. The molecule has 19 heavy (non-hydrogen) atoms. The van der Waals surface area contributed by atoms with Gasteiger partial charge in [0, 0.05) is 19.2 Å². The summed E-state index contributed by atoms with van der Waals surface area (Å²) in [5.74, 6) is -1.06. The third-order valence-corrected chi connectivity index (χ3v) is 3.27. The molecule has 0 unspecified atom stereocenters. The monoisotopic (exact) mass is 341 g/mol. The van der Waals surface area contributed by atoms with Crippen molar-refractivity contribution in [2.24, 2.45) is 5.73 Å². The Balaban J connectivity index is 2.96. The maximum atomic E-state index is 14.0. The molecule has 0 saturated carbocycles. The van der Waals surface area contributed by atoms with E-state index in [1.54, 1.807) is 0 Å². The second kappa shape index (κ2) is 5.77. The number of alkyl halides is 3. The number of nitrogens with zero attached hydrogens (tertiary/aromatic N) is 1. The number of amidine groups is 1. The molecule has 0 heterocycles. The molecule has 1 aromatic rings. The van der Waals surface area contributed by atoms with Crippen molar-refractivity contribution in [3.63, 3.8) is 0 Å². The third-order valence-electron chi connectivity index (χ3n) is 2.49. The van der Waals surface area contributed by atoms with Crippen molar-refractivity contribution in [1.82, 2.24) is 0 Å². The lowest BCUT2D eigenvalue weighted by atomic mass is 10.1. The van der Waals surface area contributed by atoms with E-state index in [1.165, 1.54) is 19.2 Å². The minimum absolute atomic E-state index is 0.0149. The number of nitrogens with one attached hydrogen (secondary N) is 1. The minimum atomic E-state index is -4.29. The fourth-order valence-electron chi connectivity index (χ4n) is 1.46. The second-order valence-electron chi connectivity index (χ2n) is 3.96. The van der Waals surface area contributed by atoms with Gasteiger partial charge >= 0.3 is 6.18 Å². The predicted octanol–water partition coefficient (Wildman–Crippen LogP) is 3.26. The van der Waals surface area contributed by atoms with E-state index < -0.39 is 18.4 Å². The highest BCUT2D eigenvalue weighted by molar-refractivity contribution is 9.10. The molecular formula is C11H12BrF4N3. The lowest BCUT2D eigenvalue weighted by Crippen LogP contribution is -2.25. The Kier molecular flexibility index (Phi) is 4.78. The SMILES string of the molecule is CN(CCC(F)(F)F)c1ccc(C(=N)N)c(Br)c1F. The number of benzene rings is 1. The van der Waals surface area contributed by atoms with Crippen molar-refractivity contribution < 1.29 is 17.6 Å². The van der Waals surface area contributed by atoms with Gasteiger partial charge in [-0.05, 0) is 28.1 Å². The fourth-order valence-corrected chi connectivity index (χ4v) is 2.01. The first-order valence-electron chi connectivity index (χ1n) is 5.23. The number of hydrogen-bond donors (Lipinski definition) is 2. The van der Waals surface area contributed by atoms with Gasteiger partial charge in [0.25, 0.3) is 0 Å². The molecule has 8 heteroatoms. The molecule has 0 spiro atoms. The van der Waals surface area contributed by atoms with Gasteiger partial charge in [-0.25, -0.2) is 4.39 Å². The van der Waals surface area contributed by atoms with E-state index in [4.69, 9.17) is 11.1 Å². The summed E-state index contributed by atoms with van der Waals surface area (Å²) < 4.78 is 50.3. The van der Waals surface area contributed by atoms with E-state index in [-0.39, 0.29) is 28.1 Å². The highest BCUT2D eigenvalue weighted by atomic mass is 79.9. The van der Waals surface area contributed by atoms with Crippen LogP contribution in [0.1, 0.15) is 12.0 Å². The van der Waals surface area contributed by atoms with E-state index in [2.05, 4.69) is 15.9 Å². The van der Waals surface area contributed by atoms with Crippen molar-refractivity contribution in [2.45, 2.75) is 12.6 Å². The molecule has 0 saturated heterocycles. The quantitative estimate of drug-likeness (QED) is 0.501. The summed E-state index contributed by atoms with van der Waals surface area (Å²) >= 11 is 2.95. The zero-order chi connectivity index (χ0) is 14.8. The molecule has 0 amide bonds. The van der Waals surface area contributed by atoms with Crippen LogP contribution in [0.15, 0.2) is 16.6 Å². The number of nitrogen functional groups attached to an aromatic ring is 1. The van der Waals surface area contributed by atoms with Gasteiger partial charge in [-0.1, -0.05) is 0 Å². The van der Waals surface area contributed by atoms with Crippen LogP contribution < -0.4 is 10.6 Å². The smallest absolute Gasteiger partial charge is 0.384 e. The van der Waals surface area contributed by atoms with Crippen LogP contribution in [0.25, 0.3) is 0 Å². The Hall–Kier alpha value is -1.31. The van der Waals surface area contributed by atoms with Gasteiger partial charge in [-0.2, -0.15) is 13.2 Å². The van der Waals surface area contributed by atoms with Crippen LogP contribution in [-0.2, 0) is 0 Å². The summed E-state index contributed by atoms with van der Waals surface area (Å²) in [5.41, 5.74) is 5.42. The largest absolute Gasteiger partial charge is 0.390 e. The van der Waals surface area contributed by atoms with Crippen molar-refractivity contribution in [2.75, 3.05) is 18.5 Å². The Bertz CT molecular complexity index is 488. The lowest BCUT2D eigenvalue weighted by Gasteiger charge is -2.21. The number of anilines is 1. The molecule has 0 aromatic heterocycles. The maximum absolute atomic E-state index is 14.0. The van der Waals surface area contributed by atoms with E-state index in [0.29, 0.717) is 0 Å². The second-order valence-corrected chi connectivity index (χ2v) is 4.75. The highest BCUT2D eigenvalue weighted by Crippen LogP contribution is 2.30. The van der Waals surface area contributed by atoms with E-state index in [1.807, 2.05) is 0 Å². The van der Waals surface area contributed by atoms with Crippen LogP contribution in [0.2, 0.25) is 0 Å². The Morgan fingerprint density at radius 2 is 2.00 bits per heavy atom. The third kappa shape index (κ3) is 4.09. The molecule has 0 radical (unpaired) electrons. The molecule has 0 fully saturated rings. The van der Waals surface area contributed by atoms with Crippen molar-refractivity contribution in [3.05, 3.63) is 28.0 Å². The van der Waals surface area contributed by atoms with Gasteiger partial charge < -0.3 is 10.6 Å². The number of nitrogens with two attached hydrogens (primary N) is 1. The van der Waals surface area contributed by atoms with Crippen molar-refractivity contribution >= 4 is 27.5 Å². The zero-order valence-electron chi connectivity index (χ0n) is 9.98. The van der Waals surface area contributed by atoms with Gasteiger partial charge in [0.05, 0.1) is 16.6 Å². The van der Waals surface area contributed by atoms with Gasteiger partial charge in [0.15, 0.2) is 5.82 Å². The average Bonchev–Trinajstić information content (AvgIpc) is 2.28.